The Labute approximate surface area is 164 Å². The van der Waals surface area contributed by atoms with E-state index in [1.807, 2.05) is 11.1 Å². The monoisotopic (exact) mass is 381 g/mol. The summed E-state index contributed by atoms with van der Waals surface area (Å²) in [6.07, 6.45) is 6.11. The van der Waals surface area contributed by atoms with Gasteiger partial charge in [-0.15, -0.1) is 0 Å². The third-order valence-corrected chi connectivity index (χ3v) is 7.19. The number of likely N-dealkylation sites (tertiary alicyclic amines) is 2. The van der Waals surface area contributed by atoms with E-state index in [4.69, 9.17) is 0 Å². The van der Waals surface area contributed by atoms with E-state index in [9.17, 15) is 14.7 Å². The van der Waals surface area contributed by atoms with Crippen LogP contribution in [0.25, 0.3) is 10.9 Å². The number of hydrogen-bond donors (Lipinski definition) is 2. The lowest BCUT2D eigenvalue weighted by molar-refractivity contribution is -0.149. The van der Waals surface area contributed by atoms with Gasteiger partial charge in [-0.05, 0) is 29.9 Å². The second kappa shape index (κ2) is 6.62. The van der Waals surface area contributed by atoms with Crippen molar-refractivity contribution < 1.29 is 14.7 Å². The molecule has 28 heavy (non-hydrogen) atoms. The Morgan fingerprint density at radius 1 is 1.14 bits per heavy atom. The van der Waals surface area contributed by atoms with Crippen molar-refractivity contribution in [2.24, 2.45) is 17.3 Å². The number of rotatable bonds is 4. The van der Waals surface area contributed by atoms with Crippen molar-refractivity contribution in [1.82, 2.24) is 14.8 Å². The number of nitrogens with zero attached hydrogens (tertiary/aromatic N) is 2. The maximum atomic E-state index is 12.8. The second-order valence-corrected chi connectivity index (χ2v) is 8.89. The van der Waals surface area contributed by atoms with Gasteiger partial charge in [0.25, 0.3) is 0 Å². The molecule has 2 aromatic rings. The van der Waals surface area contributed by atoms with E-state index in [1.54, 1.807) is 0 Å². The zero-order valence-electron chi connectivity index (χ0n) is 16.1. The number of aromatic nitrogens is 1. The minimum absolute atomic E-state index is 0.0122. The average molecular weight is 381 g/mol. The lowest BCUT2D eigenvalue weighted by Gasteiger charge is -2.27. The van der Waals surface area contributed by atoms with Crippen LogP contribution in [0, 0.1) is 17.3 Å². The molecule has 3 aliphatic rings. The predicted molar refractivity (Wildman–Crippen MR) is 106 cm³/mol. The van der Waals surface area contributed by atoms with Crippen LogP contribution in [0.2, 0.25) is 0 Å². The molecule has 3 heterocycles. The highest BCUT2D eigenvalue weighted by Crippen LogP contribution is 2.44. The minimum atomic E-state index is -0.822. The van der Waals surface area contributed by atoms with Crippen molar-refractivity contribution in [1.29, 1.82) is 0 Å². The van der Waals surface area contributed by atoms with E-state index in [-0.39, 0.29) is 17.7 Å². The molecular formula is C22H27N3O3. The van der Waals surface area contributed by atoms with Gasteiger partial charge < -0.3 is 15.0 Å². The van der Waals surface area contributed by atoms with Gasteiger partial charge in [0, 0.05) is 56.3 Å². The second-order valence-electron chi connectivity index (χ2n) is 8.89. The molecule has 6 nitrogen and oxygen atoms in total. The molecule has 1 aromatic heterocycles. The summed E-state index contributed by atoms with van der Waals surface area (Å²) in [6, 6.07) is 8.30. The molecule has 2 N–H and O–H groups in total. The zero-order valence-corrected chi connectivity index (χ0v) is 16.1. The van der Waals surface area contributed by atoms with Crippen molar-refractivity contribution >= 4 is 22.8 Å². The summed E-state index contributed by atoms with van der Waals surface area (Å²) in [4.78, 5) is 32.6. The van der Waals surface area contributed by atoms with E-state index < -0.39 is 11.4 Å². The highest BCUT2D eigenvalue weighted by molar-refractivity contribution is 5.84. The Morgan fingerprint density at radius 2 is 1.96 bits per heavy atom. The highest BCUT2D eigenvalue weighted by Gasteiger charge is 2.58. The molecule has 2 atom stereocenters. The number of fused-ring (bicyclic) bond motifs is 2. The van der Waals surface area contributed by atoms with Crippen LogP contribution in [0.3, 0.4) is 0 Å². The molecule has 1 saturated carbocycles. The van der Waals surface area contributed by atoms with Crippen LogP contribution in [-0.4, -0.2) is 57.9 Å². The van der Waals surface area contributed by atoms with Crippen molar-refractivity contribution in [2.45, 2.75) is 32.2 Å². The maximum absolute atomic E-state index is 12.8. The minimum Gasteiger partial charge on any atom is -0.481 e. The van der Waals surface area contributed by atoms with Crippen LogP contribution in [0.1, 0.15) is 31.2 Å². The summed E-state index contributed by atoms with van der Waals surface area (Å²) in [7, 11) is 0. The van der Waals surface area contributed by atoms with Crippen LogP contribution < -0.4 is 0 Å². The van der Waals surface area contributed by atoms with Crippen LogP contribution in [0.5, 0.6) is 0 Å². The maximum Gasteiger partial charge on any atom is 0.313 e. The van der Waals surface area contributed by atoms with Crippen molar-refractivity contribution in [3.63, 3.8) is 0 Å². The van der Waals surface area contributed by atoms with Crippen LogP contribution in [0.4, 0.5) is 0 Å². The summed E-state index contributed by atoms with van der Waals surface area (Å²) in [6.45, 7) is 2.94. The van der Waals surface area contributed by atoms with Gasteiger partial charge in [-0.1, -0.05) is 31.0 Å². The number of amides is 1. The Morgan fingerprint density at radius 3 is 2.71 bits per heavy atom. The molecule has 0 radical (unpaired) electrons. The lowest BCUT2D eigenvalue weighted by atomic mass is 9.81. The molecule has 2 saturated heterocycles. The van der Waals surface area contributed by atoms with Crippen LogP contribution in [0.15, 0.2) is 30.5 Å². The van der Waals surface area contributed by atoms with Crippen molar-refractivity contribution in [3.8, 4) is 0 Å². The first-order valence-electron chi connectivity index (χ1n) is 10.4. The number of carboxylic acid groups (broad SMARTS) is 1. The fourth-order valence-corrected chi connectivity index (χ4v) is 5.71. The molecule has 0 spiro atoms. The van der Waals surface area contributed by atoms with Gasteiger partial charge in [0.1, 0.15) is 5.41 Å². The van der Waals surface area contributed by atoms with Gasteiger partial charge in [0.05, 0.1) is 0 Å². The lowest BCUT2D eigenvalue weighted by Crippen LogP contribution is -2.42. The Hall–Kier alpha value is -2.34. The number of aromatic amines is 1. The first-order chi connectivity index (χ1) is 13.6. The number of nitrogens with one attached hydrogen (secondary N) is 1. The van der Waals surface area contributed by atoms with E-state index in [1.165, 1.54) is 10.9 Å². The molecule has 5 rings (SSSR count). The molecule has 1 aromatic carbocycles. The quantitative estimate of drug-likeness (QED) is 0.854. The summed E-state index contributed by atoms with van der Waals surface area (Å²) < 4.78 is 0. The number of benzene rings is 1. The van der Waals surface area contributed by atoms with Gasteiger partial charge in [0.2, 0.25) is 5.91 Å². The van der Waals surface area contributed by atoms with Gasteiger partial charge in [-0.2, -0.15) is 0 Å². The van der Waals surface area contributed by atoms with E-state index >= 15 is 0 Å². The molecule has 3 fully saturated rings. The Kier molecular flexibility index (Phi) is 4.19. The number of carboxylic acids is 1. The Balaban J connectivity index is 1.33. The number of para-hydroxylation sites is 1. The zero-order chi connectivity index (χ0) is 19.3. The molecule has 0 bridgehead atoms. The fourth-order valence-electron chi connectivity index (χ4n) is 5.71. The fraction of sp³-hybridized carbons (Fsp3) is 0.545. The van der Waals surface area contributed by atoms with Gasteiger partial charge in [-0.3, -0.25) is 14.5 Å². The molecule has 2 aliphatic heterocycles. The summed E-state index contributed by atoms with van der Waals surface area (Å²) in [5.41, 5.74) is 1.50. The van der Waals surface area contributed by atoms with Crippen LogP contribution >= 0.6 is 0 Å². The normalized spacial score (nSPS) is 28.3. The SMILES string of the molecule is O=C(C1CCCC1)N1C[C@H]2CN(Cc3cccc4cc[nH]c34)C[C@@]2(C(=O)O)C1. The van der Waals surface area contributed by atoms with Gasteiger partial charge in [-0.25, -0.2) is 0 Å². The number of hydrogen-bond acceptors (Lipinski definition) is 3. The smallest absolute Gasteiger partial charge is 0.313 e. The van der Waals surface area contributed by atoms with E-state index in [0.29, 0.717) is 19.6 Å². The summed E-state index contributed by atoms with van der Waals surface area (Å²) >= 11 is 0. The number of aliphatic carboxylic acids is 1. The van der Waals surface area contributed by atoms with Gasteiger partial charge >= 0.3 is 5.97 Å². The molecule has 0 unspecified atom stereocenters. The Bertz CT molecular complexity index is 917. The standard InChI is InChI=1S/C22H27N3O3/c26-20(16-4-1-2-5-16)25-12-18-11-24(13-22(18,14-25)21(27)28)10-17-7-3-6-15-8-9-23-19(15)17/h3,6-9,16,18,23H,1-2,4-5,10-14H2,(H,27,28)/t18-,22-/m1/s1. The van der Waals surface area contributed by atoms with Crippen LogP contribution in [-0.2, 0) is 16.1 Å². The topological polar surface area (TPSA) is 76.6 Å². The number of carbonyl (C=O) groups is 2. The first-order valence-corrected chi connectivity index (χ1v) is 10.4. The van der Waals surface area contributed by atoms with Crippen molar-refractivity contribution in [2.75, 3.05) is 26.2 Å². The number of H-pyrrole nitrogens is 1. The third-order valence-electron chi connectivity index (χ3n) is 7.19. The van der Waals surface area contributed by atoms with Crippen molar-refractivity contribution in [3.05, 3.63) is 36.0 Å². The predicted octanol–water partition coefficient (Wildman–Crippen LogP) is 2.70. The third kappa shape index (κ3) is 2.73. The largest absolute Gasteiger partial charge is 0.481 e. The molecule has 148 valence electrons. The van der Waals surface area contributed by atoms with E-state index in [0.717, 1.165) is 44.3 Å². The summed E-state index contributed by atoms with van der Waals surface area (Å²) in [5, 5.41) is 11.3. The first kappa shape index (κ1) is 17.7. The average Bonchev–Trinajstić information content (AvgIpc) is 3.43. The molecule has 1 aliphatic carbocycles. The number of carbonyl (C=O) groups excluding carboxylic acids is 1. The molecule has 6 heteroatoms. The highest BCUT2D eigenvalue weighted by atomic mass is 16.4. The van der Waals surface area contributed by atoms with Gasteiger partial charge in [0.15, 0.2) is 0 Å². The molecular weight excluding hydrogens is 354 g/mol. The molecule has 1 amide bonds. The summed E-state index contributed by atoms with van der Waals surface area (Å²) in [5.74, 6) is -0.431. The van der Waals surface area contributed by atoms with E-state index in [2.05, 4.69) is 34.1 Å².